The van der Waals surface area contributed by atoms with Gasteiger partial charge in [-0.1, -0.05) is 17.7 Å². The highest BCUT2D eigenvalue weighted by molar-refractivity contribution is 6.31. The van der Waals surface area contributed by atoms with Gasteiger partial charge in [0.2, 0.25) is 5.95 Å². The van der Waals surface area contributed by atoms with Gasteiger partial charge >= 0.3 is 0 Å². The summed E-state index contributed by atoms with van der Waals surface area (Å²) in [7, 11) is 0. The summed E-state index contributed by atoms with van der Waals surface area (Å²) in [6, 6.07) is 12.4. The molecular weight excluding hydrogens is 379 g/mol. The van der Waals surface area contributed by atoms with Crippen molar-refractivity contribution in [2.75, 3.05) is 41.3 Å². The number of aromatic nitrogens is 3. The third kappa shape index (κ3) is 4.14. The first-order valence-electron chi connectivity index (χ1n) is 9.07. The lowest BCUT2D eigenvalue weighted by Gasteiger charge is -2.36. The maximum atomic E-state index is 13.4. The fourth-order valence-corrected chi connectivity index (χ4v) is 3.36. The van der Waals surface area contributed by atoms with Crippen molar-refractivity contribution in [3.63, 3.8) is 0 Å². The van der Waals surface area contributed by atoms with E-state index in [4.69, 9.17) is 11.6 Å². The smallest absolute Gasteiger partial charge is 0.229 e. The molecule has 3 aromatic rings. The molecule has 1 aliphatic heterocycles. The van der Waals surface area contributed by atoms with Crippen LogP contribution in [0.2, 0.25) is 5.02 Å². The van der Waals surface area contributed by atoms with Crippen LogP contribution in [0.5, 0.6) is 0 Å². The molecular formula is C20H20ClFN6. The summed E-state index contributed by atoms with van der Waals surface area (Å²) < 4.78 is 13.4. The molecule has 0 bridgehead atoms. The molecule has 0 saturated carbocycles. The molecule has 4 rings (SSSR count). The number of rotatable bonds is 4. The van der Waals surface area contributed by atoms with Gasteiger partial charge in [0.25, 0.3) is 0 Å². The Hall–Kier alpha value is -2.93. The minimum absolute atomic E-state index is 0.0588. The third-order valence-corrected chi connectivity index (χ3v) is 4.88. The molecule has 1 saturated heterocycles. The first-order chi connectivity index (χ1) is 13.6. The number of anilines is 4. The van der Waals surface area contributed by atoms with E-state index >= 15 is 0 Å². The standard InChI is InChI=1S/C20H20ClFN6/c1-14-12-19(26-20(24-14)25-15-5-6-17(22)16(21)13-15)28-10-8-27(9-11-28)18-4-2-3-7-23-18/h2-7,12-13H,8-11H2,1H3,(H,24,25,26). The van der Waals surface area contributed by atoms with E-state index in [2.05, 4.69) is 30.1 Å². The summed E-state index contributed by atoms with van der Waals surface area (Å²) in [4.78, 5) is 18.0. The summed E-state index contributed by atoms with van der Waals surface area (Å²) in [6.07, 6.45) is 1.81. The van der Waals surface area contributed by atoms with E-state index < -0.39 is 5.82 Å². The van der Waals surface area contributed by atoms with Crippen LogP contribution in [0.4, 0.5) is 27.7 Å². The van der Waals surface area contributed by atoms with E-state index in [1.165, 1.54) is 12.1 Å². The molecule has 1 aromatic carbocycles. The Bertz CT molecular complexity index is 960. The molecule has 0 radical (unpaired) electrons. The second kappa shape index (κ2) is 7.98. The maximum absolute atomic E-state index is 13.4. The fraction of sp³-hybridized carbons (Fsp3) is 0.250. The number of halogens is 2. The molecule has 0 atom stereocenters. The average Bonchev–Trinajstić information content (AvgIpc) is 2.71. The predicted octanol–water partition coefficient (Wildman–Crippen LogP) is 4.04. The van der Waals surface area contributed by atoms with Crippen molar-refractivity contribution in [3.05, 3.63) is 65.2 Å². The van der Waals surface area contributed by atoms with Crippen LogP contribution in [-0.2, 0) is 0 Å². The molecule has 3 heterocycles. The van der Waals surface area contributed by atoms with Gasteiger partial charge in [-0.05, 0) is 37.3 Å². The van der Waals surface area contributed by atoms with Gasteiger partial charge in [-0.15, -0.1) is 0 Å². The number of nitrogens with one attached hydrogen (secondary N) is 1. The molecule has 6 nitrogen and oxygen atoms in total. The summed E-state index contributed by atoms with van der Waals surface area (Å²) in [6.45, 7) is 5.36. The van der Waals surface area contributed by atoms with Crippen molar-refractivity contribution in [2.45, 2.75) is 6.92 Å². The van der Waals surface area contributed by atoms with Crippen LogP contribution in [0.25, 0.3) is 0 Å². The third-order valence-electron chi connectivity index (χ3n) is 4.59. The molecule has 1 fully saturated rings. The van der Waals surface area contributed by atoms with E-state index in [0.29, 0.717) is 11.6 Å². The lowest BCUT2D eigenvalue weighted by atomic mass is 10.3. The average molecular weight is 399 g/mol. The monoisotopic (exact) mass is 398 g/mol. The summed E-state index contributed by atoms with van der Waals surface area (Å²) >= 11 is 5.85. The zero-order valence-electron chi connectivity index (χ0n) is 15.4. The van der Waals surface area contributed by atoms with Crippen molar-refractivity contribution in [1.29, 1.82) is 0 Å². The largest absolute Gasteiger partial charge is 0.353 e. The van der Waals surface area contributed by atoms with Gasteiger partial charge < -0.3 is 15.1 Å². The molecule has 0 amide bonds. The quantitative estimate of drug-likeness (QED) is 0.715. The van der Waals surface area contributed by atoms with Crippen LogP contribution in [0.1, 0.15) is 5.69 Å². The van der Waals surface area contributed by atoms with Gasteiger partial charge in [0.05, 0.1) is 5.02 Å². The molecule has 1 aliphatic rings. The predicted molar refractivity (Wildman–Crippen MR) is 110 cm³/mol. The van der Waals surface area contributed by atoms with Crippen molar-refractivity contribution in [1.82, 2.24) is 15.0 Å². The highest BCUT2D eigenvalue weighted by Gasteiger charge is 2.20. The molecule has 0 spiro atoms. The maximum Gasteiger partial charge on any atom is 0.229 e. The SMILES string of the molecule is Cc1cc(N2CCN(c3ccccn3)CC2)nc(Nc2ccc(F)c(Cl)c2)n1. The number of benzene rings is 1. The van der Waals surface area contributed by atoms with Gasteiger partial charge in [0, 0.05) is 49.8 Å². The highest BCUT2D eigenvalue weighted by Crippen LogP contribution is 2.24. The second-order valence-electron chi connectivity index (χ2n) is 6.61. The molecule has 2 aromatic heterocycles. The summed E-state index contributed by atoms with van der Waals surface area (Å²) in [5.74, 6) is 1.87. The first kappa shape index (κ1) is 18.4. The fourth-order valence-electron chi connectivity index (χ4n) is 3.18. The highest BCUT2D eigenvalue weighted by atomic mass is 35.5. The normalized spacial score (nSPS) is 14.2. The molecule has 0 aliphatic carbocycles. The van der Waals surface area contributed by atoms with Gasteiger partial charge in [-0.2, -0.15) is 4.98 Å². The Morgan fingerprint density at radius 1 is 0.964 bits per heavy atom. The van der Waals surface area contributed by atoms with E-state index in [1.807, 2.05) is 37.4 Å². The van der Waals surface area contributed by atoms with Crippen LogP contribution >= 0.6 is 11.6 Å². The Labute approximate surface area is 168 Å². The number of nitrogens with zero attached hydrogens (tertiary/aromatic N) is 5. The summed E-state index contributed by atoms with van der Waals surface area (Å²) in [5.41, 5.74) is 1.50. The van der Waals surface area contributed by atoms with Gasteiger partial charge in [0.1, 0.15) is 17.5 Å². The molecule has 28 heavy (non-hydrogen) atoms. The van der Waals surface area contributed by atoms with Crippen molar-refractivity contribution in [2.24, 2.45) is 0 Å². The van der Waals surface area contributed by atoms with Crippen LogP contribution in [0.3, 0.4) is 0 Å². The molecule has 1 N–H and O–H groups in total. The van der Waals surface area contributed by atoms with Gasteiger partial charge in [-0.25, -0.2) is 14.4 Å². The number of pyridine rings is 1. The van der Waals surface area contributed by atoms with Gasteiger partial charge in [0.15, 0.2) is 0 Å². The number of aryl methyl sites for hydroxylation is 1. The van der Waals surface area contributed by atoms with E-state index in [0.717, 1.165) is 43.5 Å². The summed E-state index contributed by atoms with van der Waals surface area (Å²) in [5, 5.41) is 3.17. The molecule has 8 heteroatoms. The Morgan fingerprint density at radius 3 is 2.39 bits per heavy atom. The minimum Gasteiger partial charge on any atom is -0.353 e. The van der Waals surface area contributed by atoms with Crippen LogP contribution in [0.15, 0.2) is 48.7 Å². The minimum atomic E-state index is -0.455. The van der Waals surface area contributed by atoms with Gasteiger partial charge in [-0.3, -0.25) is 0 Å². The number of piperazine rings is 1. The number of hydrogen-bond acceptors (Lipinski definition) is 6. The number of hydrogen-bond donors (Lipinski definition) is 1. The van der Waals surface area contributed by atoms with Crippen molar-refractivity contribution >= 4 is 34.9 Å². The van der Waals surface area contributed by atoms with Crippen LogP contribution in [0, 0.1) is 12.7 Å². The molecule has 0 unspecified atom stereocenters. The first-order valence-corrected chi connectivity index (χ1v) is 9.45. The Morgan fingerprint density at radius 2 is 1.71 bits per heavy atom. The Kier molecular flexibility index (Phi) is 5.25. The zero-order chi connectivity index (χ0) is 19.5. The van der Waals surface area contributed by atoms with Crippen molar-refractivity contribution < 1.29 is 4.39 Å². The topological polar surface area (TPSA) is 57.2 Å². The van der Waals surface area contributed by atoms with E-state index in [9.17, 15) is 4.39 Å². The lowest BCUT2D eigenvalue weighted by Crippen LogP contribution is -2.47. The second-order valence-corrected chi connectivity index (χ2v) is 7.01. The lowest BCUT2D eigenvalue weighted by molar-refractivity contribution is 0.628. The van der Waals surface area contributed by atoms with E-state index in [-0.39, 0.29) is 5.02 Å². The van der Waals surface area contributed by atoms with Crippen LogP contribution in [-0.4, -0.2) is 41.1 Å². The van der Waals surface area contributed by atoms with E-state index in [1.54, 1.807) is 6.07 Å². The molecule has 144 valence electrons. The van der Waals surface area contributed by atoms with Crippen molar-refractivity contribution in [3.8, 4) is 0 Å². The van der Waals surface area contributed by atoms with Crippen LogP contribution < -0.4 is 15.1 Å². The Balaban J connectivity index is 1.47. The zero-order valence-corrected chi connectivity index (χ0v) is 16.2.